The highest BCUT2D eigenvalue weighted by molar-refractivity contribution is 5.87. The third kappa shape index (κ3) is 3.44. The number of aryl methyl sites for hydroxylation is 1. The first-order valence-corrected chi connectivity index (χ1v) is 5.05. The Morgan fingerprint density at radius 2 is 2.06 bits per heavy atom. The third-order valence-corrected chi connectivity index (χ3v) is 2.29. The first-order valence-electron chi connectivity index (χ1n) is 5.05. The number of aromatic carboxylic acids is 1. The minimum Gasteiger partial charge on any atom is -0.477 e. The Kier molecular flexibility index (Phi) is 4.03. The minimum absolute atomic E-state index is 0.0550. The van der Waals surface area contributed by atoms with Gasteiger partial charge in [-0.25, -0.2) is 4.79 Å². The number of carboxylic acids is 1. The first-order chi connectivity index (χ1) is 7.91. The van der Waals surface area contributed by atoms with E-state index in [0.717, 1.165) is 0 Å². The van der Waals surface area contributed by atoms with Crippen LogP contribution in [0.3, 0.4) is 0 Å². The number of rotatable bonds is 4. The molecule has 1 rings (SSSR count). The number of nitrogens with zero attached hydrogens (tertiary/aromatic N) is 2. The average molecular weight is 238 g/mol. The lowest BCUT2D eigenvalue weighted by Gasteiger charge is -2.11. The van der Waals surface area contributed by atoms with E-state index in [4.69, 9.17) is 5.11 Å². The van der Waals surface area contributed by atoms with Crippen LogP contribution < -0.4 is 5.43 Å². The Bertz CT molecular complexity index is 490. The molecule has 1 aromatic rings. The molecule has 0 spiro atoms. The summed E-state index contributed by atoms with van der Waals surface area (Å²) in [5.74, 6) is -1.32. The number of aromatic nitrogens is 1. The van der Waals surface area contributed by atoms with E-state index in [2.05, 4.69) is 0 Å². The lowest BCUT2D eigenvalue weighted by Crippen LogP contribution is -2.23. The molecule has 0 fully saturated rings. The Labute approximate surface area is 98.1 Å². The van der Waals surface area contributed by atoms with Crippen molar-refractivity contribution in [2.75, 3.05) is 14.1 Å². The van der Waals surface area contributed by atoms with Crippen LogP contribution in [0.1, 0.15) is 16.8 Å². The maximum absolute atomic E-state index is 11.3. The number of carboxylic acid groups (broad SMARTS) is 1. The van der Waals surface area contributed by atoms with E-state index in [-0.39, 0.29) is 17.9 Å². The molecule has 0 aromatic carbocycles. The van der Waals surface area contributed by atoms with Gasteiger partial charge in [-0.1, -0.05) is 0 Å². The zero-order valence-electron chi connectivity index (χ0n) is 9.71. The van der Waals surface area contributed by atoms with Gasteiger partial charge in [0.2, 0.25) is 5.91 Å². The van der Waals surface area contributed by atoms with Crippen LogP contribution in [0.15, 0.2) is 23.3 Å². The third-order valence-electron chi connectivity index (χ3n) is 2.29. The fourth-order valence-corrected chi connectivity index (χ4v) is 1.27. The van der Waals surface area contributed by atoms with Gasteiger partial charge in [0.05, 0.1) is 0 Å². The standard InChI is InChI=1S/C11H14N2O4/c1-12(2)10(15)4-6-13-5-3-9(14)8(7-13)11(16)17/h3,5,7H,4,6H2,1-2H3,(H,16,17). The molecule has 1 N–H and O–H groups in total. The Morgan fingerprint density at radius 3 is 2.59 bits per heavy atom. The van der Waals surface area contributed by atoms with Gasteiger partial charge in [-0.05, 0) is 0 Å². The molecule has 92 valence electrons. The topological polar surface area (TPSA) is 79.6 Å². The van der Waals surface area contributed by atoms with Gasteiger partial charge >= 0.3 is 5.97 Å². The van der Waals surface area contributed by atoms with E-state index in [1.54, 1.807) is 14.1 Å². The maximum Gasteiger partial charge on any atom is 0.341 e. The van der Waals surface area contributed by atoms with Gasteiger partial charge in [-0.3, -0.25) is 9.59 Å². The summed E-state index contributed by atoms with van der Waals surface area (Å²) in [6.45, 7) is 0.345. The summed E-state index contributed by atoms with van der Waals surface area (Å²) in [6.07, 6.45) is 2.97. The number of carbonyl (C=O) groups excluding carboxylic acids is 1. The summed E-state index contributed by atoms with van der Waals surface area (Å²) in [7, 11) is 3.30. The monoisotopic (exact) mass is 238 g/mol. The molecule has 6 nitrogen and oxygen atoms in total. The number of amides is 1. The van der Waals surface area contributed by atoms with Crippen molar-refractivity contribution in [3.8, 4) is 0 Å². The molecule has 17 heavy (non-hydrogen) atoms. The van der Waals surface area contributed by atoms with E-state index >= 15 is 0 Å². The molecular weight excluding hydrogens is 224 g/mol. The molecule has 0 bridgehead atoms. The van der Waals surface area contributed by atoms with E-state index in [1.807, 2.05) is 0 Å². The van der Waals surface area contributed by atoms with Gasteiger partial charge in [-0.2, -0.15) is 0 Å². The summed E-state index contributed by atoms with van der Waals surface area (Å²) in [5, 5.41) is 8.77. The fourth-order valence-electron chi connectivity index (χ4n) is 1.27. The van der Waals surface area contributed by atoms with Crippen molar-refractivity contribution in [1.82, 2.24) is 9.47 Å². The molecule has 1 amide bonds. The van der Waals surface area contributed by atoms with Crippen LogP contribution in [0.5, 0.6) is 0 Å². The summed E-state index contributed by atoms with van der Waals surface area (Å²) in [6, 6.07) is 1.18. The molecule has 0 saturated heterocycles. The maximum atomic E-state index is 11.3. The van der Waals surface area contributed by atoms with Crippen LogP contribution in [0.4, 0.5) is 0 Å². The zero-order valence-corrected chi connectivity index (χ0v) is 9.71. The summed E-state index contributed by atoms with van der Waals surface area (Å²) in [5.41, 5.74) is -0.822. The first kappa shape index (κ1) is 13.0. The van der Waals surface area contributed by atoms with Crippen LogP contribution in [-0.4, -0.2) is 40.5 Å². The van der Waals surface area contributed by atoms with Crippen molar-refractivity contribution in [1.29, 1.82) is 0 Å². The highest BCUT2D eigenvalue weighted by Gasteiger charge is 2.09. The van der Waals surface area contributed by atoms with Gasteiger partial charge < -0.3 is 14.6 Å². The molecule has 0 aliphatic rings. The zero-order chi connectivity index (χ0) is 13.0. The Hall–Kier alpha value is -2.11. The lowest BCUT2D eigenvalue weighted by atomic mass is 10.2. The SMILES string of the molecule is CN(C)C(=O)CCn1ccc(=O)c(C(=O)O)c1. The van der Waals surface area contributed by atoms with Gasteiger partial charge in [-0.15, -0.1) is 0 Å². The normalized spacial score (nSPS) is 10.0. The van der Waals surface area contributed by atoms with Crippen LogP contribution in [0.25, 0.3) is 0 Å². The van der Waals surface area contributed by atoms with Gasteiger partial charge in [0.15, 0.2) is 5.43 Å². The predicted molar refractivity (Wildman–Crippen MR) is 61.0 cm³/mol. The van der Waals surface area contributed by atoms with Crippen molar-refractivity contribution < 1.29 is 14.7 Å². The van der Waals surface area contributed by atoms with Crippen molar-refractivity contribution in [3.05, 3.63) is 34.2 Å². The van der Waals surface area contributed by atoms with E-state index in [1.165, 1.54) is 27.9 Å². The van der Waals surface area contributed by atoms with E-state index < -0.39 is 11.4 Å². The fraction of sp³-hybridized carbons (Fsp3) is 0.364. The molecule has 0 radical (unpaired) electrons. The second-order valence-electron chi connectivity index (χ2n) is 3.80. The predicted octanol–water partition coefficient (Wildman–Crippen LogP) is 0.0248. The second-order valence-corrected chi connectivity index (χ2v) is 3.80. The second kappa shape index (κ2) is 5.29. The summed E-state index contributed by atoms with van der Waals surface area (Å²) in [4.78, 5) is 34.7. The number of pyridine rings is 1. The molecule has 0 saturated carbocycles. The van der Waals surface area contributed by atoms with Crippen LogP contribution >= 0.6 is 0 Å². The smallest absolute Gasteiger partial charge is 0.341 e. The Morgan fingerprint density at radius 1 is 1.41 bits per heavy atom. The molecule has 1 heterocycles. The molecule has 0 aliphatic carbocycles. The summed E-state index contributed by atoms with van der Waals surface area (Å²) >= 11 is 0. The summed E-state index contributed by atoms with van der Waals surface area (Å²) < 4.78 is 1.52. The number of hydrogen-bond donors (Lipinski definition) is 1. The molecule has 6 heteroatoms. The molecule has 0 atom stereocenters. The highest BCUT2D eigenvalue weighted by Crippen LogP contribution is 1.97. The van der Waals surface area contributed by atoms with Crippen molar-refractivity contribution >= 4 is 11.9 Å². The number of hydrogen-bond acceptors (Lipinski definition) is 3. The highest BCUT2D eigenvalue weighted by atomic mass is 16.4. The quantitative estimate of drug-likeness (QED) is 0.802. The minimum atomic E-state index is -1.26. The molecule has 0 unspecified atom stereocenters. The lowest BCUT2D eigenvalue weighted by molar-refractivity contribution is -0.128. The molecule has 0 aliphatic heterocycles. The average Bonchev–Trinajstić information content (AvgIpc) is 2.26. The molecule has 1 aromatic heterocycles. The van der Waals surface area contributed by atoms with E-state index in [0.29, 0.717) is 6.54 Å². The van der Waals surface area contributed by atoms with Crippen LogP contribution in [-0.2, 0) is 11.3 Å². The Balaban J connectivity index is 2.80. The van der Waals surface area contributed by atoms with Gasteiger partial charge in [0, 0.05) is 45.5 Å². The largest absolute Gasteiger partial charge is 0.477 e. The van der Waals surface area contributed by atoms with Crippen molar-refractivity contribution in [2.45, 2.75) is 13.0 Å². The van der Waals surface area contributed by atoms with Gasteiger partial charge in [0.25, 0.3) is 0 Å². The molecular formula is C11H14N2O4. The van der Waals surface area contributed by atoms with Crippen LogP contribution in [0, 0.1) is 0 Å². The van der Waals surface area contributed by atoms with Crippen molar-refractivity contribution in [2.24, 2.45) is 0 Å². The van der Waals surface area contributed by atoms with Crippen molar-refractivity contribution in [3.63, 3.8) is 0 Å². The van der Waals surface area contributed by atoms with Gasteiger partial charge in [0.1, 0.15) is 5.56 Å². The van der Waals surface area contributed by atoms with Crippen LogP contribution in [0.2, 0.25) is 0 Å². The number of carbonyl (C=O) groups is 2. The van der Waals surface area contributed by atoms with E-state index in [9.17, 15) is 14.4 Å².